The van der Waals surface area contributed by atoms with Crippen LogP contribution in [0, 0.1) is 0 Å². The fourth-order valence-electron chi connectivity index (χ4n) is 1.73. The maximum atomic E-state index is 4.37. The van der Waals surface area contributed by atoms with Gasteiger partial charge in [0, 0.05) is 16.4 Å². The van der Waals surface area contributed by atoms with Gasteiger partial charge in [0.2, 0.25) is 0 Å². The summed E-state index contributed by atoms with van der Waals surface area (Å²) in [6, 6.07) is 13.0. The van der Waals surface area contributed by atoms with E-state index in [0.717, 1.165) is 15.3 Å². The van der Waals surface area contributed by atoms with Gasteiger partial charge in [0.15, 0.2) is 0 Å². The highest BCUT2D eigenvalue weighted by molar-refractivity contribution is 9.10. The monoisotopic (exact) mass is 351 g/mol. The van der Waals surface area contributed by atoms with Crippen LogP contribution in [-0.2, 0) is 5.75 Å². The van der Waals surface area contributed by atoms with E-state index >= 15 is 0 Å². The lowest BCUT2D eigenvalue weighted by Gasteiger charge is -2.16. The lowest BCUT2D eigenvalue weighted by Crippen LogP contribution is -2.37. The molecule has 0 saturated heterocycles. The van der Waals surface area contributed by atoms with E-state index in [0.29, 0.717) is 0 Å². The second-order valence-electron chi connectivity index (χ2n) is 5.53. The first-order valence-corrected chi connectivity index (χ1v) is 11.6. The summed E-state index contributed by atoms with van der Waals surface area (Å²) in [5, 5.41) is 2.57. The van der Waals surface area contributed by atoms with Gasteiger partial charge in [-0.05, 0) is 33.6 Å². The molecule has 1 aromatic carbocycles. The Balaban J connectivity index is 2.03. The molecule has 1 nitrogen and oxygen atoms in total. The molecule has 0 aliphatic rings. The van der Waals surface area contributed by atoms with Crippen LogP contribution < -0.4 is 5.19 Å². The standard InChI is InChI=1S/C15H18BrNSSi/c1-19(2,3)13-8-6-12(7-9-13)11-18-15-14(16)5-4-10-17-15/h4-10H,11H2,1-3H3. The molecule has 0 spiro atoms. The Morgan fingerprint density at radius 1 is 1.11 bits per heavy atom. The van der Waals surface area contributed by atoms with E-state index in [9.17, 15) is 0 Å². The lowest BCUT2D eigenvalue weighted by molar-refractivity contribution is 1.11. The van der Waals surface area contributed by atoms with E-state index in [1.165, 1.54) is 10.8 Å². The zero-order valence-corrected chi connectivity index (χ0v) is 14.9. The second-order valence-corrected chi connectivity index (χ2v) is 12.4. The quantitative estimate of drug-likeness (QED) is 0.585. The van der Waals surface area contributed by atoms with Crippen LogP contribution in [0.3, 0.4) is 0 Å². The van der Waals surface area contributed by atoms with E-state index < -0.39 is 8.07 Å². The van der Waals surface area contributed by atoms with E-state index in [-0.39, 0.29) is 0 Å². The minimum Gasteiger partial charge on any atom is -0.249 e. The van der Waals surface area contributed by atoms with Crippen molar-refractivity contribution in [2.45, 2.75) is 30.4 Å². The number of halogens is 1. The number of pyridine rings is 1. The van der Waals surface area contributed by atoms with Gasteiger partial charge in [-0.1, -0.05) is 49.1 Å². The molecule has 2 aromatic rings. The summed E-state index contributed by atoms with van der Waals surface area (Å²) in [6.07, 6.45) is 1.83. The molecule has 0 bridgehead atoms. The fourth-order valence-corrected chi connectivity index (χ4v) is 4.33. The smallest absolute Gasteiger partial charge is 0.110 e. The van der Waals surface area contributed by atoms with Gasteiger partial charge in [0.05, 0.1) is 8.07 Å². The van der Waals surface area contributed by atoms with Gasteiger partial charge in [0.25, 0.3) is 0 Å². The molecule has 1 aromatic heterocycles. The van der Waals surface area contributed by atoms with Gasteiger partial charge in [-0.2, -0.15) is 0 Å². The summed E-state index contributed by atoms with van der Waals surface area (Å²) in [5.74, 6) is 0.960. The molecule has 19 heavy (non-hydrogen) atoms. The number of hydrogen-bond donors (Lipinski definition) is 0. The van der Waals surface area contributed by atoms with Crippen molar-refractivity contribution in [3.63, 3.8) is 0 Å². The van der Waals surface area contributed by atoms with Crippen LogP contribution in [0.15, 0.2) is 52.1 Å². The molecule has 0 aliphatic heterocycles. The van der Waals surface area contributed by atoms with Crippen LogP contribution in [0.4, 0.5) is 0 Å². The molecule has 1 heterocycles. The predicted molar refractivity (Wildman–Crippen MR) is 90.9 cm³/mol. The molecule has 4 heteroatoms. The van der Waals surface area contributed by atoms with Gasteiger partial charge in [-0.25, -0.2) is 4.98 Å². The number of aromatic nitrogens is 1. The summed E-state index contributed by atoms with van der Waals surface area (Å²) in [4.78, 5) is 4.37. The van der Waals surface area contributed by atoms with Gasteiger partial charge in [0.1, 0.15) is 5.03 Å². The van der Waals surface area contributed by atoms with Crippen LogP contribution in [-0.4, -0.2) is 13.1 Å². The van der Waals surface area contributed by atoms with Crippen molar-refractivity contribution >= 4 is 41.0 Å². The van der Waals surface area contributed by atoms with Crippen molar-refractivity contribution in [1.82, 2.24) is 4.98 Å². The number of hydrogen-bond acceptors (Lipinski definition) is 2. The Kier molecular flexibility index (Phi) is 4.87. The summed E-state index contributed by atoms with van der Waals surface area (Å²) in [5.41, 5.74) is 1.35. The zero-order valence-electron chi connectivity index (χ0n) is 11.5. The molecular weight excluding hydrogens is 334 g/mol. The molecule has 0 N–H and O–H groups in total. The van der Waals surface area contributed by atoms with Crippen LogP contribution in [0.1, 0.15) is 5.56 Å². The Morgan fingerprint density at radius 3 is 2.37 bits per heavy atom. The molecule has 0 saturated carbocycles. The molecule has 0 radical (unpaired) electrons. The Bertz CT molecular complexity index is 549. The lowest BCUT2D eigenvalue weighted by atomic mass is 10.2. The Morgan fingerprint density at radius 2 is 1.79 bits per heavy atom. The molecule has 0 amide bonds. The SMILES string of the molecule is C[Si](C)(C)c1ccc(CSc2ncccc2Br)cc1. The van der Waals surface area contributed by atoms with E-state index in [1.807, 2.05) is 18.3 Å². The maximum absolute atomic E-state index is 4.37. The molecule has 2 rings (SSSR count). The molecule has 0 fully saturated rings. The predicted octanol–water partition coefficient (Wildman–Crippen LogP) is 4.68. The number of nitrogens with zero attached hydrogens (tertiary/aromatic N) is 1. The highest BCUT2D eigenvalue weighted by atomic mass is 79.9. The van der Waals surface area contributed by atoms with Crippen LogP contribution in [0.2, 0.25) is 19.6 Å². The van der Waals surface area contributed by atoms with Crippen molar-refractivity contribution in [3.05, 3.63) is 52.6 Å². The Labute approximate surface area is 129 Å². The summed E-state index contributed by atoms with van der Waals surface area (Å²) in [6.45, 7) is 7.13. The topological polar surface area (TPSA) is 12.9 Å². The second kappa shape index (κ2) is 6.24. The molecular formula is C15H18BrNSSi. The van der Waals surface area contributed by atoms with Crippen LogP contribution in [0.5, 0.6) is 0 Å². The largest absolute Gasteiger partial charge is 0.249 e. The van der Waals surface area contributed by atoms with Gasteiger partial charge >= 0.3 is 0 Å². The summed E-state index contributed by atoms with van der Waals surface area (Å²) < 4.78 is 1.07. The third-order valence-electron chi connectivity index (χ3n) is 2.92. The zero-order chi connectivity index (χ0) is 13.9. The fraction of sp³-hybridized carbons (Fsp3) is 0.267. The molecule has 0 atom stereocenters. The van der Waals surface area contributed by atoms with Crippen molar-refractivity contribution in [1.29, 1.82) is 0 Å². The van der Waals surface area contributed by atoms with E-state index in [4.69, 9.17) is 0 Å². The van der Waals surface area contributed by atoms with Crippen LogP contribution in [0.25, 0.3) is 0 Å². The number of benzene rings is 1. The average molecular weight is 352 g/mol. The van der Waals surface area contributed by atoms with Crippen LogP contribution >= 0.6 is 27.7 Å². The number of rotatable bonds is 4. The van der Waals surface area contributed by atoms with Crippen molar-refractivity contribution in [2.24, 2.45) is 0 Å². The third-order valence-corrected chi connectivity index (χ3v) is 6.96. The molecule has 0 unspecified atom stereocenters. The summed E-state index contributed by atoms with van der Waals surface area (Å²) in [7, 11) is -1.18. The Hall–Kier alpha value is -0.583. The molecule has 0 aliphatic carbocycles. The van der Waals surface area contributed by atoms with Gasteiger partial charge in [-0.3, -0.25) is 0 Å². The highest BCUT2D eigenvalue weighted by Gasteiger charge is 2.15. The first-order valence-electron chi connectivity index (χ1n) is 6.29. The van der Waals surface area contributed by atoms with Gasteiger partial charge in [-0.15, -0.1) is 11.8 Å². The van der Waals surface area contributed by atoms with E-state index in [1.54, 1.807) is 11.8 Å². The molecule has 100 valence electrons. The van der Waals surface area contributed by atoms with Crippen molar-refractivity contribution in [3.8, 4) is 0 Å². The first-order chi connectivity index (χ1) is 8.97. The normalized spacial score (nSPS) is 11.6. The van der Waals surface area contributed by atoms with Crippen molar-refractivity contribution in [2.75, 3.05) is 0 Å². The minimum atomic E-state index is -1.18. The number of thioether (sulfide) groups is 1. The average Bonchev–Trinajstić information content (AvgIpc) is 2.37. The summed E-state index contributed by atoms with van der Waals surface area (Å²) >= 11 is 5.30. The van der Waals surface area contributed by atoms with Gasteiger partial charge < -0.3 is 0 Å². The third kappa shape index (κ3) is 4.19. The first kappa shape index (κ1) is 14.8. The maximum Gasteiger partial charge on any atom is 0.110 e. The minimum absolute atomic E-state index is 0.960. The van der Waals surface area contributed by atoms with E-state index in [2.05, 4.69) is 64.8 Å². The van der Waals surface area contributed by atoms with Crippen molar-refractivity contribution < 1.29 is 0 Å². The highest BCUT2D eigenvalue weighted by Crippen LogP contribution is 2.27.